The minimum Gasteiger partial charge on any atom is -0.303 e. The summed E-state index contributed by atoms with van der Waals surface area (Å²) in [5.41, 5.74) is 3.86. The zero-order valence-electron chi connectivity index (χ0n) is 17.3. The maximum atomic E-state index is 12.0. The number of carbonyl (C=O) groups excluding carboxylic acids is 2. The highest BCUT2D eigenvalue weighted by Crippen LogP contribution is 2.30. The lowest BCUT2D eigenvalue weighted by Gasteiger charge is -2.20. The maximum Gasteiger partial charge on any atom is 0.249 e. The van der Waals surface area contributed by atoms with Crippen LogP contribution in [0.3, 0.4) is 0 Å². The quantitative estimate of drug-likeness (QED) is 0.522. The first-order chi connectivity index (χ1) is 14.7. The van der Waals surface area contributed by atoms with Gasteiger partial charge in [0.05, 0.1) is 5.69 Å². The van der Waals surface area contributed by atoms with Gasteiger partial charge >= 0.3 is 0 Å². The average molecular weight is 406 g/mol. The molecular formula is C23H27N5O2. The SMILES string of the molecule is CCCN(CCC=O)Cc1ccc(-c2cccc3nc(NC(=O)C4CC4)nn23)cc1. The molecule has 156 valence electrons. The highest BCUT2D eigenvalue weighted by molar-refractivity contribution is 5.92. The number of amides is 1. The number of fused-ring (bicyclic) bond motifs is 1. The number of pyridine rings is 1. The molecule has 7 nitrogen and oxygen atoms in total. The van der Waals surface area contributed by atoms with Gasteiger partial charge in [-0.3, -0.25) is 15.0 Å². The van der Waals surface area contributed by atoms with Gasteiger partial charge in [0.1, 0.15) is 6.29 Å². The molecule has 1 aliphatic carbocycles. The molecule has 0 saturated heterocycles. The van der Waals surface area contributed by atoms with Crippen LogP contribution in [-0.4, -0.2) is 44.8 Å². The molecule has 1 aliphatic rings. The number of nitrogens with zero attached hydrogens (tertiary/aromatic N) is 4. The molecule has 0 spiro atoms. The molecule has 1 saturated carbocycles. The summed E-state index contributed by atoms with van der Waals surface area (Å²) in [7, 11) is 0. The number of rotatable bonds is 10. The molecule has 4 rings (SSSR count). The van der Waals surface area contributed by atoms with E-state index in [1.165, 1.54) is 5.56 Å². The Bertz CT molecular complexity index is 1020. The van der Waals surface area contributed by atoms with Crippen molar-refractivity contribution in [3.05, 3.63) is 48.0 Å². The van der Waals surface area contributed by atoms with Crippen molar-refractivity contribution in [3.63, 3.8) is 0 Å². The maximum absolute atomic E-state index is 12.0. The lowest BCUT2D eigenvalue weighted by atomic mass is 10.1. The van der Waals surface area contributed by atoms with E-state index >= 15 is 0 Å². The summed E-state index contributed by atoms with van der Waals surface area (Å²) in [6, 6.07) is 14.2. The Labute approximate surface area is 176 Å². The second-order valence-electron chi connectivity index (χ2n) is 7.81. The Morgan fingerprint density at radius 3 is 2.70 bits per heavy atom. The molecule has 0 bridgehead atoms. The van der Waals surface area contributed by atoms with Gasteiger partial charge in [0.15, 0.2) is 5.65 Å². The molecule has 1 amide bonds. The summed E-state index contributed by atoms with van der Waals surface area (Å²) < 4.78 is 1.77. The van der Waals surface area contributed by atoms with Crippen LogP contribution in [0.1, 0.15) is 38.2 Å². The van der Waals surface area contributed by atoms with Crippen molar-refractivity contribution < 1.29 is 9.59 Å². The number of benzene rings is 1. The van der Waals surface area contributed by atoms with Gasteiger partial charge in [0.2, 0.25) is 11.9 Å². The Hall–Kier alpha value is -3.06. The fourth-order valence-electron chi connectivity index (χ4n) is 3.60. The van der Waals surface area contributed by atoms with Crippen LogP contribution >= 0.6 is 0 Å². The van der Waals surface area contributed by atoms with Crippen LogP contribution in [-0.2, 0) is 16.1 Å². The zero-order valence-corrected chi connectivity index (χ0v) is 17.3. The number of aldehydes is 1. The van der Waals surface area contributed by atoms with Crippen molar-refractivity contribution in [2.45, 2.75) is 39.2 Å². The topological polar surface area (TPSA) is 79.6 Å². The van der Waals surface area contributed by atoms with E-state index in [9.17, 15) is 9.59 Å². The average Bonchev–Trinajstić information content (AvgIpc) is 3.52. The van der Waals surface area contributed by atoms with Crippen LogP contribution in [0.25, 0.3) is 16.9 Å². The number of nitrogens with one attached hydrogen (secondary N) is 1. The summed E-state index contributed by atoms with van der Waals surface area (Å²) in [6.45, 7) is 4.74. The van der Waals surface area contributed by atoms with E-state index in [-0.39, 0.29) is 11.8 Å². The van der Waals surface area contributed by atoms with Gasteiger partial charge in [-0.2, -0.15) is 4.98 Å². The van der Waals surface area contributed by atoms with E-state index in [4.69, 9.17) is 0 Å². The third kappa shape index (κ3) is 4.74. The molecule has 0 atom stereocenters. The third-order valence-corrected chi connectivity index (χ3v) is 5.30. The van der Waals surface area contributed by atoms with Gasteiger partial charge in [0, 0.05) is 31.0 Å². The van der Waals surface area contributed by atoms with Gasteiger partial charge in [-0.15, -0.1) is 5.10 Å². The standard InChI is InChI=1S/C23H27N5O2/c1-2-13-27(14-4-15-29)16-17-7-9-18(10-8-17)20-5-3-6-21-24-23(26-28(20)21)25-22(30)19-11-12-19/h3,5-10,15,19H,2,4,11-14,16H2,1H3,(H,25,26,30). The predicted octanol–water partition coefficient (Wildman–Crippen LogP) is 3.55. The Morgan fingerprint density at radius 1 is 1.20 bits per heavy atom. The highest BCUT2D eigenvalue weighted by Gasteiger charge is 2.30. The number of anilines is 1. The number of hydrogen-bond acceptors (Lipinski definition) is 5. The fourth-order valence-corrected chi connectivity index (χ4v) is 3.60. The van der Waals surface area contributed by atoms with Gasteiger partial charge in [-0.25, -0.2) is 4.52 Å². The van der Waals surface area contributed by atoms with Crippen LogP contribution in [0.15, 0.2) is 42.5 Å². The summed E-state index contributed by atoms with van der Waals surface area (Å²) in [4.78, 5) is 29.5. The Morgan fingerprint density at radius 2 is 2.00 bits per heavy atom. The highest BCUT2D eigenvalue weighted by atomic mass is 16.2. The Kier molecular flexibility index (Phi) is 6.18. The number of aromatic nitrogens is 3. The van der Waals surface area contributed by atoms with E-state index in [1.54, 1.807) is 4.52 Å². The van der Waals surface area contributed by atoms with Crippen LogP contribution < -0.4 is 5.32 Å². The largest absolute Gasteiger partial charge is 0.303 e. The second kappa shape index (κ2) is 9.17. The van der Waals surface area contributed by atoms with Crippen molar-refractivity contribution in [3.8, 4) is 11.3 Å². The zero-order chi connectivity index (χ0) is 20.9. The molecular weight excluding hydrogens is 378 g/mol. The van der Waals surface area contributed by atoms with E-state index < -0.39 is 0 Å². The summed E-state index contributed by atoms with van der Waals surface area (Å²) in [6.07, 6.45) is 4.49. The van der Waals surface area contributed by atoms with E-state index in [0.717, 1.165) is 56.4 Å². The summed E-state index contributed by atoms with van der Waals surface area (Å²) >= 11 is 0. The number of hydrogen-bond donors (Lipinski definition) is 1. The van der Waals surface area contributed by atoms with Crippen molar-refractivity contribution >= 4 is 23.8 Å². The lowest BCUT2D eigenvalue weighted by molar-refractivity contribution is -0.117. The molecule has 1 fully saturated rings. The predicted molar refractivity (Wildman–Crippen MR) is 116 cm³/mol. The van der Waals surface area contributed by atoms with Crippen molar-refractivity contribution in [2.24, 2.45) is 5.92 Å². The molecule has 2 heterocycles. The minimum absolute atomic E-state index is 0.00280. The normalized spacial score (nSPS) is 13.7. The lowest BCUT2D eigenvalue weighted by Crippen LogP contribution is -2.25. The molecule has 0 unspecified atom stereocenters. The van der Waals surface area contributed by atoms with Crippen LogP contribution in [0.2, 0.25) is 0 Å². The van der Waals surface area contributed by atoms with Crippen molar-refractivity contribution in [2.75, 3.05) is 18.4 Å². The first-order valence-electron chi connectivity index (χ1n) is 10.6. The van der Waals surface area contributed by atoms with Crippen molar-refractivity contribution in [1.29, 1.82) is 0 Å². The minimum atomic E-state index is 0.00280. The van der Waals surface area contributed by atoms with Crippen LogP contribution in [0.5, 0.6) is 0 Å². The van der Waals surface area contributed by atoms with E-state index in [0.29, 0.717) is 18.0 Å². The molecule has 30 heavy (non-hydrogen) atoms. The van der Waals surface area contributed by atoms with Gasteiger partial charge < -0.3 is 4.79 Å². The second-order valence-corrected chi connectivity index (χ2v) is 7.81. The van der Waals surface area contributed by atoms with E-state index in [1.807, 2.05) is 18.2 Å². The first kappa shape index (κ1) is 20.2. The fraction of sp³-hybridized carbons (Fsp3) is 0.391. The molecule has 3 aromatic rings. The van der Waals surface area contributed by atoms with Gasteiger partial charge in [0.25, 0.3) is 0 Å². The molecule has 1 N–H and O–H groups in total. The Balaban J connectivity index is 1.52. The van der Waals surface area contributed by atoms with Crippen LogP contribution in [0.4, 0.5) is 5.95 Å². The summed E-state index contributed by atoms with van der Waals surface area (Å²) in [5.74, 6) is 0.465. The van der Waals surface area contributed by atoms with Crippen molar-refractivity contribution in [1.82, 2.24) is 19.5 Å². The van der Waals surface area contributed by atoms with Gasteiger partial charge in [-0.1, -0.05) is 37.3 Å². The molecule has 0 aliphatic heterocycles. The van der Waals surface area contributed by atoms with Gasteiger partial charge in [-0.05, 0) is 43.5 Å². The van der Waals surface area contributed by atoms with Crippen LogP contribution in [0, 0.1) is 5.92 Å². The molecule has 2 aromatic heterocycles. The summed E-state index contributed by atoms with van der Waals surface area (Å²) in [5, 5.41) is 7.32. The molecule has 7 heteroatoms. The molecule has 1 aromatic carbocycles. The smallest absolute Gasteiger partial charge is 0.249 e. The first-order valence-corrected chi connectivity index (χ1v) is 10.6. The third-order valence-electron chi connectivity index (χ3n) is 5.30. The number of carbonyl (C=O) groups is 2. The molecule has 0 radical (unpaired) electrons. The van der Waals surface area contributed by atoms with E-state index in [2.05, 4.69) is 51.5 Å². The monoisotopic (exact) mass is 405 g/mol.